The third-order valence-electron chi connectivity index (χ3n) is 8.02. The molecule has 368 valence electrons. The fourth-order valence-corrected chi connectivity index (χ4v) is 4.26. The minimum Gasteiger partial charge on any atom is -0.265 e. The highest BCUT2D eigenvalue weighted by Gasteiger charge is 1.85. The smallest absolute Gasteiger partial charge is 0.128 e. The van der Waals surface area contributed by atoms with E-state index in [4.69, 9.17) is 5.26 Å². The van der Waals surface area contributed by atoms with Crippen LogP contribution in [-0.2, 0) is 0 Å². The predicted molar refractivity (Wildman–Crippen MR) is 286 cm³/mol. The molecule has 0 fully saturated rings. The van der Waals surface area contributed by atoms with Crippen LogP contribution in [0.4, 0.5) is 0 Å². The van der Waals surface area contributed by atoms with Crippen LogP contribution in [0.3, 0.4) is 0 Å². The highest BCUT2D eigenvalue weighted by atomic mass is 15.0. The first-order valence-electron chi connectivity index (χ1n) is 22.5. The maximum atomic E-state index is 8.38. The zero-order valence-corrected chi connectivity index (χ0v) is 42.9. The Hall–Kier alpha value is -9.29. The summed E-state index contributed by atoms with van der Waals surface area (Å²) in [5.41, 5.74) is 9.84. The van der Waals surface area contributed by atoms with Gasteiger partial charge in [0.1, 0.15) is 37.0 Å². The third kappa shape index (κ3) is 38.8. The van der Waals surface area contributed by atoms with Gasteiger partial charge in [-0.05, 0) is 141 Å². The summed E-state index contributed by atoms with van der Waals surface area (Å²) in [7, 11) is 0. The Morgan fingerprint density at radius 3 is 1.10 bits per heavy atom. The number of rotatable bonds is 0. The summed E-state index contributed by atoms with van der Waals surface area (Å²) in [5, 5.41) is 8.38. The number of pyridine rings is 3. The number of hydrogen-bond donors (Lipinski definition) is 0. The molecule has 0 N–H and O–H groups in total. The first kappa shape index (κ1) is 60.7. The Labute approximate surface area is 425 Å². The molecule has 0 amide bonds. The van der Waals surface area contributed by atoms with Crippen molar-refractivity contribution in [2.24, 2.45) is 0 Å². The minimum atomic E-state index is 0.723. The van der Waals surface area contributed by atoms with Gasteiger partial charge in [0.15, 0.2) is 0 Å². The van der Waals surface area contributed by atoms with E-state index >= 15 is 0 Å². The van der Waals surface area contributed by atoms with Crippen molar-refractivity contribution in [2.45, 2.75) is 69.2 Å². The van der Waals surface area contributed by atoms with Crippen LogP contribution >= 0.6 is 0 Å². The first-order valence-corrected chi connectivity index (χ1v) is 22.5. The molecule has 0 unspecified atom stereocenters. The number of nitrogens with zero attached hydrogens (tertiary/aromatic N) is 15. The van der Waals surface area contributed by atoms with Crippen molar-refractivity contribution in [3.8, 4) is 6.07 Å². The highest BCUT2D eigenvalue weighted by molar-refractivity contribution is 5.30. The second kappa shape index (κ2) is 41.9. The first-order chi connectivity index (χ1) is 34.9. The van der Waals surface area contributed by atoms with Crippen LogP contribution in [0.15, 0.2) is 215 Å². The zero-order chi connectivity index (χ0) is 52.7. The number of benzene rings is 2. The van der Waals surface area contributed by atoms with Crippen LogP contribution in [0.5, 0.6) is 0 Å². The number of aromatic nitrogens is 14. The number of nitriles is 1. The monoisotopic (exact) mass is 960 g/mol. The van der Waals surface area contributed by atoms with Crippen LogP contribution < -0.4 is 0 Å². The van der Waals surface area contributed by atoms with E-state index in [1.807, 2.05) is 160 Å². The molecule has 15 heteroatoms. The lowest BCUT2D eigenvalue weighted by molar-refractivity contribution is 0.974. The van der Waals surface area contributed by atoms with Crippen LogP contribution in [0.1, 0.15) is 62.1 Å². The fourth-order valence-electron chi connectivity index (χ4n) is 4.26. The number of hydrogen-bond acceptors (Lipinski definition) is 15. The molecule has 0 spiro atoms. The van der Waals surface area contributed by atoms with Gasteiger partial charge < -0.3 is 0 Å². The minimum absolute atomic E-state index is 0.723. The normalized spacial score (nSPS) is 8.68. The summed E-state index contributed by atoms with van der Waals surface area (Å²) in [4.78, 5) is 53.5. The molecule has 0 radical (unpaired) electrons. The van der Waals surface area contributed by atoms with Gasteiger partial charge in [-0.15, -0.1) is 0 Å². The lowest BCUT2D eigenvalue weighted by Gasteiger charge is -1.88. The highest BCUT2D eigenvalue weighted by Crippen LogP contribution is 2.00. The summed E-state index contributed by atoms with van der Waals surface area (Å²) in [6, 6.07) is 37.2. The van der Waals surface area contributed by atoms with E-state index in [0.29, 0.717) is 0 Å². The average Bonchev–Trinajstić information content (AvgIpc) is 3.40. The molecule has 8 heterocycles. The summed E-state index contributed by atoms with van der Waals surface area (Å²) < 4.78 is 0. The van der Waals surface area contributed by atoms with Crippen molar-refractivity contribution >= 4 is 0 Å². The lowest BCUT2D eigenvalue weighted by atomic mass is 10.2. The lowest BCUT2D eigenvalue weighted by Crippen LogP contribution is -1.84. The van der Waals surface area contributed by atoms with Gasteiger partial charge in [0.25, 0.3) is 0 Å². The van der Waals surface area contributed by atoms with Gasteiger partial charge in [-0.25, -0.2) is 44.9 Å². The SMILES string of the molecule is Cc1ccc(C#N)cc1.Cc1ccccc1.Cc1ccccn1.Cc1cccnc1.Cc1ccncc1.Cc1ccncn1.Cc1cnccn1.Cc1cncnc1.Cc1ncccn1.Cc1ncncn1. The van der Waals surface area contributed by atoms with Gasteiger partial charge in [0, 0.05) is 91.9 Å². The van der Waals surface area contributed by atoms with E-state index in [-0.39, 0.29) is 0 Å². The molecule has 0 aliphatic rings. The van der Waals surface area contributed by atoms with Gasteiger partial charge in [0.05, 0.1) is 17.3 Å². The van der Waals surface area contributed by atoms with Gasteiger partial charge >= 0.3 is 0 Å². The van der Waals surface area contributed by atoms with Gasteiger partial charge in [-0.2, -0.15) is 5.26 Å². The summed E-state index contributed by atoms with van der Waals surface area (Å²) >= 11 is 0. The Kier molecular flexibility index (Phi) is 35.3. The zero-order valence-electron chi connectivity index (χ0n) is 42.9. The largest absolute Gasteiger partial charge is 0.265 e. The molecule has 0 atom stereocenters. The van der Waals surface area contributed by atoms with E-state index in [1.165, 1.54) is 47.6 Å². The van der Waals surface area contributed by atoms with Gasteiger partial charge in [0.2, 0.25) is 0 Å². The van der Waals surface area contributed by atoms with Crippen molar-refractivity contribution in [3.63, 3.8) is 0 Å². The molecule has 15 nitrogen and oxygen atoms in total. The Morgan fingerprint density at radius 2 is 0.792 bits per heavy atom. The van der Waals surface area contributed by atoms with E-state index < -0.39 is 0 Å². The molecule has 0 aliphatic heterocycles. The standard InChI is InChI=1S/C8H7N.C7H8.3C6H7N.4C5H6N2.C4H5N3/c1-7-2-4-8(6-9)5-3-7;1-7-5-3-2-4-6-7;1-6-2-4-7-5-3-6;1-6-3-2-4-7-5-6;1-6-4-2-3-5-7-6;1-5-2-6-4-7-3-5;1-5-4-6-2-3-7-5;1-5-2-3-6-4-7-5;1-5-6-3-2-4-7-5;1-4-6-2-5-3-7-4/h2-5H,1H3;2-6H,1H3;3*2-5H,1H3;4*2-4H,1H3;2-3H,1H3. The molecule has 0 saturated heterocycles. The summed E-state index contributed by atoms with van der Waals surface area (Å²) in [6.07, 6.45) is 28.7. The van der Waals surface area contributed by atoms with Crippen molar-refractivity contribution in [2.75, 3.05) is 0 Å². The van der Waals surface area contributed by atoms with Crippen molar-refractivity contribution in [1.29, 1.82) is 5.26 Å². The fraction of sp³-hybridized carbons (Fsp3) is 0.175. The van der Waals surface area contributed by atoms with Crippen molar-refractivity contribution in [1.82, 2.24) is 69.8 Å². The average molecular weight is 960 g/mol. The van der Waals surface area contributed by atoms with Crippen molar-refractivity contribution in [3.05, 3.63) is 277 Å². The molecule has 0 bridgehead atoms. The molecule has 10 rings (SSSR count). The van der Waals surface area contributed by atoms with Crippen molar-refractivity contribution < 1.29 is 0 Å². The molecule has 2 aromatic carbocycles. The van der Waals surface area contributed by atoms with E-state index in [2.05, 4.69) is 94.9 Å². The second-order valence-electron chi connectivity index (χ2n) is 14.8. The second-order valence-corrected chi connectivity index (χ2v) is 14.8. The van der Waals surface area contributed by atoms with Crippen LogP contribution in [-0.4, -0.2) is 69.8 Å². The van der Waals surface area contributed by atoms with Gasteiger partial charge in [-0.1, -0.05) is 65.7 Å². The predicted octanol–water partition coefficient (Wildman–Crippen LogP) is 11.4. The summed E-state index contributed by atoms with van der Waals surface area (Å²) in [6.45, 7) is 19.6. The molecule has 72 heavy (non-hydrogen) atoms. The third-order valence-corrected chi connectivity index (χ3v) is 8.02. The molecular formula is C57H65N15. The topological polar surface area (TPSA) is 204 Å². The molecule has 0 aliphatic carbocycles. The number of aryl methyl sites for hydroxylation is 10. The van der Waals surface area contributed by atoms with E-state index in [9.17, 15) is 0 Å². The Balaban J connectivity index is 0.000000400. The molecular weight excluding hydrogens is 895 g/mol. The van der Waals surface area contributed by atoms with Crippen LogP contribution in [0.2, 0.25) is 0 Å². The van der Waals surface area contributed by atoms with Gasteiger partial charge in [-0.3, -0.25) is 24.9 Å². The van der Waals surface area contributed by atoms with Crippen LogP contribution in [0.25, 0.3) is 0 Å². The maximum absolute atomic E-state index is 8.38. The Bertz CT molecular complexity index is 2210. The van der Waals surface area contributed by atoms with Crippen LogP contribution in [0, 0.1) is 80.6 Å². The Morgan fingerprint density at radius 1 is 0.278 bits per heavy atom. The maximum Gasteiger partial charge on any atom is 0.128 e. The molecule has 0 saturated carbocycles. The summed E-state index contributed by atoms with van der Waals surface area (Å²) in [5.74, 6) is 1.58. The molecule has 10 aromatic rings. The quantitative estimate of drug-likeness (QED) is 0.139. The van der Waals surface area contributed by atoms with E-state index in [1.54, 1.807) is 80.4 Å². The van der Waals surface area contributed by atoms with E-state index in [0.717, 1.165) is 39.9 Å². The molecule has 8 aromatic heterocycles.